The van der Waals surface area contributed by atoms with Gasteiger partial charge in [-0.15, -0.1) is 0 Å². The average molecular weight is 476 g/mol. The topological polar surface area (TPSA) is 170 Å². The van der Waals surface area contributed by atoms with Crippen LogP contribution >= 0.6 is 34.8 Å². The minimum atomic E-state index is -2.28. The minimum Gasteiger partial charge on any atom is -0.463 e. The first-order valence-corrected chi connectivity index (χ1v) is 9.00. The summed E-state index contributed by atoms with van der Waals surface area (Å²) in [7, 11) is 0. The molecule has 1 saturated heterocycles. The summed E-state index contributed by atoms with van der Waals surface area (Å²) in [6, 6.07) is -1.45. The Morgan fingerprint density at radius 1 is 1.07 bits per heavy atom. The Bertz CT molecular complexity index is 709. The lowest BCUT2D eigenvalue weighted by Gasteiger charge is -2.43. The van der Waals surface area contributed by atoms with Gasteiger partial charge < -0.3 is 23.7 Å². The molecule has 1 heterocycles. The van der Waals surface area contributed by atoms with Gasteiger partial charge in [0.25, 0.3) is 3.79 Å². The summed E-state index contributed by atoms with van der Waals surface area (Å²) in [5.74, 6) is -3.16. The van der Waals surface area contributed by atoms with Crippen molar-refractivity contribution >= 4 is 58.6 Å². The number of nitrogens with one attached hydrogen (secondary N) is 1. The van der Waals surface area contributed by atoms with Crippen LogP contribution in [0.1, 0.15) is 20.8 Å². The molecule has 1 rings (SSSR count). The van der Waals surface area contributed by atoms with Crippen LogP contribution in [0.15, 0.2) is 5.11 Å². The van der Waals surface area contributed by atoms with Gasteiger partial charge >= 0.3 is 17.9 Å². The van der Waals surface area contributed by atoms with E-state index >= 15 is 0 Å². The number of rotatable bonds is 6. The van der Waals surface area contributed by atoms with Gasteiger partial charge in [-0.05, 0) is 5.53 Å². The van der Waals surface area contributed by atoms with E-state index in [4.69, 9.17) is 69.4 Å². The van der Waals surface area contributed by atoms with Gasteiger partial charge in [-0.2, -0.15) is 0 Å². The summed E-state index contributed by atoms with van der Waals surface area (Å²) < 4.78 is 23.6. The molecule has 0 spiro atoms. The maximum atomic E-state index is 11.6. The lowest BCUT2D eigenvalue weighted by molar-refractivity contribution is -0.256. The number of halogens is 3. The highest BCUT2D eigenvalue weighted by Crippen LogP contribution is 2.33. The van der Waals surface area contributed by atoms with Crippen molar-refractivity contribution in [2.75, 3.05) is 6.61 Å². The summed E-state index contributed by atoms with van der Waals surface area (Å²) in [5.41, 5.74) is 8.89. The van der Waals surface area contributed by atoms with Crippen LogP contribution in [0.25, 0.3) is 10.4 Å². The van der Waals surface area contributed by atoms with Gasteiger partial charge in [-0.1, -0.05) is 39.9 Å². The van der Waals surface area contributed by atoms with E-state index in [0.717, 1.165) is 20.8 Å². The molecule has 1 fully saturated rings. The molecule has 29 heavy (non-hydrogen) atoms. The highest BCUT2D eigenvalue weighted by Gasteiger charge is 2.52. The Morgan fingerprint density at radius 2 is 1.62 bits per heavy atom. The molecule has 0 aromatic carbocycles. The van der Waals surface area contributed by atoms with E-state index in [1.54, 1.807) is 0 Å². The molecule has 0 bridgehead atoms. The van der Waals surface area contributed by atoms with E-state index in [2.05, 4.69) is 10.0 Å². The van der Waals surface area contributed by atoms with E-state index in [-0.39, 0.29) is 0 Å². The van der Waals surface area contributed by atoms with Crippen molar-refractivity contribution in [2.45, 2.75) is 55.2 Å². The second kappa shape index (κ2) is 10.7. The molecular weight excluding hydrogens is 459 g/mol. The largest absolute Gasteiger partial charge is 0.463 e. The van der Waals surface area contributed by atoms with Crippen LogP contribution in [0.3, 0.4) is 0 Å². The third kappa shape index (κ3) is 7.75. The lowest BCUT2D eigenvalue weighted by atomic mass is 9.97. The zero-order chi connectivity index (χ0) is 22.4. The highest BCUT2D eigenvalue weighted by molar-refractivity contribution is 6.76. The van der Waals surface area contributed by atoms with Crippen LogP contribution in [-0.2, 0) is 38.1 Å². The van der Waals surface area contributed by atoms with Crippen molar-refractivity contribution in [1.82, 2.24) is 0 Å². The summed E-state index contributed by atoms with van der Waals surface area (Å²) in [6.07, 6.45) is -5.60. The van der Waals surface area contributed by atoms with Gasteiger partial charge in [0.1, 0.15) is 18.8 Å². The Labute approximate surface area is 179 Å². The fourth-order valence-corrected chi connectivity index (χ4v) is 2.48. The molecule has 0 aromatic rings. The summed E-state index contributed by atoms with van der Waals surface area (Å²) in [4.78, 5) is 36.9. The number of carbonyl (C=O) groups excluding carboxylic acids is 3. The van der Waals surface area contributed by atoms with Gasteiger partial charge in [0.05, 0.1) is 0 Å². The fraction of sp³-hybridized carbons (Fsp3) is 0.714. The van der Waals surface area contributed by atoms with Crippen molar-refractivity contribution in [3.63, 3.8) is 0 Å². The maximum absolute atomic E-state index is 11.6. The van der Waals surface area contributed by atoms with Crippen LogP contribution in [0.2, 0.25) is 0 Å². The predicted octanol–water partition coefficient (Wildman–Crippen LogP) is 2.18. The minimum absolute atomic E-state index is 0.449. The van der Waals surface area contributed by atoms with E-state index in [1.165, 1.54) is 0 Å². The first-order valence-electron chi connectivity index (χ1n) is 7.86. The first kappa shape index (κ1) is 25.1. The summed E-state index contributed by atoms with van der Waals surface area (Å²) in [5, 5.41) is 11.1. The monoisotopic (exact) mass is 474 g/mol. The molecular formula is C14H17Cl3N4O8. The van der Waals surface area contributed by atoms with Gasteiger partial charge in [-0.3, -0.25) is 19.8 Å². The Hall–Kier alpha value is -1.98. The molecule has 1 N–H and O–H groups in total. The molecule has 162 valence electrons. The number of ether oxygens (including phenoxy) is 5. The summed E-state index contributed by atoms with van der Waals surface area (Å²) in [6.45, 7) is 2.82. The molecule has 0 aromatic heterocycles. The average Bonchev–Trinajstić information content (AvgIpc) is 2.56. The van der Waals surface area contributed by atoms with E-state index < -0.39 is 64.8 Å². The number of azide groups is 1. The zero-order valence-corrected chi connectivity index (χ0v) is 17.6. The molecule has 0 saturated carbocycles. The molecule has 12 nitrogen and oxygen atoms in total. The molecule has 0 radical (unpaired) electrons. The van der Waals surface area contributed by atoms with Crippen LogP contribution in [-0.4, -0.2) is 64.8 Å². The molecule has 1 unspecified atom stereocenters. The van der Waals surface area contributed by atoms with Gasteiger partial charge in [0, 0.05) is 25.7 Å². The van der Waals surface area contributed by atoms with Crippen molar-refractivity contribution in [3.05, 3.63) is 10.4 Å². The highest BCUT2D eigenvalue weighted by atomic mass is 35.6. The second-order valence-corrected chi connectivity index (χ2v) is 7.92. The number of carbonyl (C=O) groups is 3. The maximum Gasteiger partial charge on any atom is 0.303 e. The molecule has 15 heteroatoms. The van der Waals surface area contributed by atoms with Crippen molar-refractivity contribution in [2.24, 2.45) is 5.11 Å². The smallest absolute Gasteiger partial charge is 0.303 e. The van der Waals surface area contributed by atoms with Crippen LogP contribution < -0.4 is 0 Å². The summed E-state index contributed by atoms with van der Waals surface area (Å²) >= 11 is 16.7. The van der Waals surface area contributed by atoms with Crippen molar-refractivity contribution in [3.8, 4) is 0 Å². The zero-order valence-electron chi connectivity index (χ0n) is 15.3. The molecule has 0 amide bonds. The predicted molar refractivity (Wildman–Crippen MR) is 98.4 cm³/mol. The molecule has 1 aliphatic heterocycles. The molecule has 0 aliphatic carbocycles. The van der Waals surface area contributed by atoms with Crippen LogP contribution in [0.5, 0.6) is 0 Å². The first-order chi connectivity index (χ1) is 13.4. The van der Waals surface area contributed by atoms with Crippen molar-refractivity contribution in [1.29, 1.82) is 5.41 Å². The Kier molecular flexibility index (Phi) is 9.24. The number of esters is 3. The van der Waals surface area contributed by atoms with Crippen LogP contribution in [0.4, 0.5) is 0 Å². The van der Waals surface area contributed by atoms with Crippen LogP contribution in [0, 0.1) is 5.41 Å². The molecule has 5 atom stereocenters. The normalized spacial score (nSPS) is 26.5. The van der Waals surface area contributed by atoms with Gasteiger partial charge in [0.2, 0.25) is 12.2 Å². The van der Waals surface area contributed by atoms with Gasteiger partial charge in [0.15, 0.2) is 12.2 Å². The lowest BCUT2D eigenvalue weighted by Crippen LogP contribution is -2.61. The quantitative estimate of drug-likeness (QED) is 0.0890. The number of nitrogens with zero attached hydrogens (tertiary/aromatic N) is 3. The van der Waals surface area contributed by atoms with Crippen molar-refractivity contribution < 1.29 is 38.1 Å². The van der Waals surface area contributed by atoms with E-state index in [9.17, 15) is 14.4 Å². The standard InChI is InChI=1S/C14H17Cl3N4O8/c1-5(22)25-4-8-10(26-6(2)23)11(27-7(3)24)9(20-21-19)12(28-8)29-13(18)14(15,16)17/h8-12,18H,4H2,1-3H3/t8-,9-,10-,11-,12?/m1/s1. The van der Waals surface area contributed by atoms with E-state index in [1.807, 2.05) is 0 Å². The second-order valence-electron chi connectivity index (χ2n) is 5.63. The number of hydrogen-bond donors (Lipinski definition) is 1. The Balaban J connectivity index is 3.35. The third-order valence-electron chi connectivity index (χ3n) is 3.35. The Morgan fingerprint density at radius 3 is 2.07 bits per heavy atom. The molecule has 1 aliphatic rings. The van der Waals surface area contributed by atoms with Gasteiger partial charge in [-0.25, -0.2) is 0 Å². The fourth-order valence-electron chi connectivity index (χ4n) is 2.35. The van der Waals surface area contributed by atoms with E-state index in [0.29, 0.717) is 0 Å². The SMILES string of the molecule is CC(=O)OC[C@H]1OC(OC(=N)C(Cl)(Cl)Cl)[C@H](N=[N+]=[N-])[C@@H](OC(C)=O)[C@@H]1OC(C)=O. The number of hydrogen-bond acceptors (Lipinski definition) is 10. The number of alkyl halides is 3. The third-order valence-corrected chi connectivity index (χ3v) is 3.86.